The molecular weight excluding hydrogens is 386 g/mol. The van der Waals surface area contributed by atoms with E-state index in [2.05, 4.69) is 10.4 Å². The van der Waals surface area contributed by atoms with Gasteiger partial charge in [-0.25, -0.2) is 0 Å². The van der Waals surface area contributed by atoms with Gasteiger partial charge < -0.3 is 19.5 Å². The van der Waals surface area contributed by atoms with Gasteiger partial charge >= 0.3 is 0 Å². The van der Waals surface area contributed by atoms with Crippen molar-refractivity contribution >= 4 is 29.7 Å². The highest BCUT2D eigenvalue weighted by Gasteiger charge is 2.28. The number of aromatic nitrogens is 2. The number of amides is 1. The summed E-state index contributed by atoms with van der Waals surface area (Å²) in [6, 6.07) is 7.83. The molecule has 1 aliphatic carbocycles. The van der Waals surface area contributed by atoms with Crippen LogP contribution >= 0.6 is 23.8 Å². The second kappa shape index (κ2) is 8.10. The Morgan fingerprint density at radius 3 is 2.74 bits per heavy atom. The van der Waals surface area contributed by atoms with E-state index in [1.54, 1.807) is 4.68 Å². The smallest absolute Gasteiger partial charge is 0.292 e. The fourth-order valence-electron chi connectivity index (χ4n) is 3.38. The van der Waals surface area contributed by atoms with Crippen molar-refractivity contribution in [2.24, 2.45) is 0 Å². The van der Waals surface area contributed by atoms with Crippen molar-refractivity contribution in [1.82, 2.24) is 15.1 Å². The summed E-state index contributed by atoms with van der Waals surface area (Å²) in [6.45, 7) is 5.15. The first-order valence-electron chi connectivity index (χ1n) is 9.37. The van der Waals surface area contributed by atoms with Crippen LogP contribution in [-0.4, -0.2) is 54.5 Å². The highest BCUT2D eigenvalue weighted by atomic mass is 35.5. The van der Waals surface area contributed by atoms with Crippen LogP contribution in [0.25, 0.3) is 11.5 Å². The Hall–Kier alpha value is -1.74. The summed E-state index contributed by atoms with van der Waals surface area (Å²) in [5.41, 5.74) is 0.818. The highest BCUT2D eigenvalue weighted by Crippen LogP contribution is 2.21. The van der Waals surface area contributed by atoms with Gasteiger partial charge in [0.15, 0.2) is 13.2 Å². The minimum atomic E-state index is 0.181. The van der Waals surface area contributed by atoms with E-state index in [1.165, 1.54) is 9.80 Å². The van der Waals surface area contributed by atoms with Crippen LogP contribution in [-0.2, 0) is 11.5 Å². The Morgan fingerprint density at radius 2 is 2.04 bits per heavy atom. The predicted octanol–water partition coefficient (Wildman–Crippen LogP) is -0.455. The van der Waals surface area contributed by atoms with Crippen molar-refractivity contribution in [1.29, 1.82) is 0 Å². The minimum Gasteiger partial charge on any atom is -0.409 e. The summed E-state index contributed by atoms with van der Waals surface area (Å²) in [5.74, 6) is 0.670. The first-order chi connectivity index (χ1) is 13.1. The van der Waals surface area contributed by atoms with E-state index in [1.807, 2.05) is 24.3 Å². The molecule has 4 rings (SSSR count). The van der Waals surface area contributed by atoms with E-state index < -0.39 is 0 Å². The Balaban J connectivity index is 1.31. The Morgan fingerprint density at radius 1 is 1.30 bits per heavy atom. The molecule has 2 fully saturated rings. The molecule has 0 radical (unpaired) electrons. The molecular formula is C18H24ClN5O2S+2. The molecule has 0 unspecified atom stereocenters. The van der Waals surface area contributed by atoms with Crippen LogP contribution in [0.3, 0.4) is 0 Å². The quantitative estimate of drug-likeness (QED) is 0.565. The number of rotatable bonds is 6. The van der Waals surface area contributed by atoms with Gasteiger partial charge in [0.1, 0.15) is 26.2 Å². The number of benzene rings is 1. The van der Waals surface area contributed by atoms with Crippen LogP contribution < -0.4 is 15.1 Å². The molecule has 27 heavy (non-hydrogen) atoms. The largest absolute Gasteiger partial charge is 0.409 e. The monoisotopic (exact) mass is 409 g/mol. The molecule has 2 aromatic rings. The molecule has 2 heterocycles. The number of hydrogen-bond donors (Lipinski definition) is 3. The van der Waals surface area contributed by atoms with Gasteiger partial charge in [-0.1, -0.05) is 17.7 Å². The van der Waals surface area contributed by atoms with E-state index in [0.717, 1.165) is 44.6 Å². The fourth-order valence-corrected chi connectivity index (χ4v) is 3.76. The summed E-state index contributed by atoms with van der Waals surface area (Å²) >= 11 is 11.4. The van der Waals surface area contributed by atoms with Crippen molar-refractivity contribution in [3.63, 3.8) is 0 Å². The standard InChI is InChI=1S/C18H22ClN5O2S/c19-14-3-1-2-13(10-14)17-21-24(18(27)26-17)12-23-8-6-22(7-9-23)11-16(25)20-15-4-5-15/h1-3,10,15H,4-9,11-12H2,(H,20,25)/p+2. The molecule has 0 spiro atoms. The lowest BCUT2D eigenvalue weighted by Gasteiger charge is -2.28. The van der Waals surface area contributed by atoms with Crippen LogP contribution in [0.15, 0.2) is 28.7 Å². The number of nitrogens with one attached hydrogen (secondary N) is 3. The topological polar surface area (TPSA) is 68.9 Å². The fraction of sp³-hybridized carbons (Fsp3) is 0.500. The lowest BCUT2D eigenvalue weighted by molar-refractivity contribution is -1.02. The summed E-state index contributed by atoms with van der Waals surface area (Å²) < 4.78 is 7.39. The van der Waals surface area contributed by atoms with E-state index in [0.29, 0.717) is 35.0 Å². The average molecular weight is 410 g/mol. The number of carbonyl (C=O) groups is 1. The second-order valence-electron chi connectivity index (χ2n) is 7.36. The Labute approximate surface area is 167 Å². The lowest BCUT2D eigenvalue weighted by Crippen LogP contribution is -3.28. The summed E-state index contributed by atoms with van der Waals surface area (Å²) in [6.07, 6.45) is 2.27. The molecule has 1 aromatic heterocycles. The summed E-state index contributed by atoms with van der Waals surface area (Å²) in [5, 5.41) is 8.22. The molecule has 7 nitrogen and oxygen atoms in total. The number of carbonyl (C=O) groups excluding carboxylic acids is 1. The molecule has 0 bridgehead atoms. The SMILES string of the molecule is O=C(C[NH+]1CC[NH+](Cn2nc(-c3cccc(Cl)c3)oc2=S)CC1)NC1CC1. The third-order valence-electron chi connectivity index (χ3n) is 5.07. The lowest BCUT2D eigenvalue weighted by atomic mass is 10.2. The molecule has 9 heteroatoms. The molecule has 3 N–H and O–H groups in total. The Kier molecular flexibility index (Phi) is 5.58. The first-order valence-corrected chi connectivity index (χ1v) is 10.2. The van der Waals surface area contributed by atoms with Crippen LogP contribution in [0.4, 0.5) is 0 Å². The van der Waals surface area contributed by atoms with Gasteiger partial charge in [0.05, 0.1) is 0 Å². The molecule has 1 amide bonds. The van der Waals surface area contributed by atoms with E-state index in [4.69, 9.17) is 28.2 Å². The van der Waals surface area contributed by atoms with Crippen molar-refractivity contribution in [2.45, 2.75) is 25.6 Å². The van der Waals surface area contributed by atoms with Gasteiger partial charge in [-0.15, -0.1) is 5.10 Å². The predicted molar refractivity (Wildman–Crippen MR) is 103 cm³/mol. The highest BCUT2D eigenvalue weighted by molar-refractivity contribution is 7.71. The Bertz CT molecular complexity index is 871. The molecule has 1 saturated carbocycles. The van der Waals surface area contributed by atoms with E-state index in [-0.39, 0.29) is 5.91 Å². The van der Waals surface area contributed by atoms with Gasteiger partial charge in [0.2, 0.25) is 5.89 Å². The molecule has 1 saturated heterocycles. The maximum atomic E-state index is 12.0. The normalized spacial score (nSPS) is 22.6. The number of nitrogens with zero attached hydrogens (tertiary/aromatic N) is 2. The molecule has 144 valence electrons. The number of halogens is 1. The van der Waals surface area contributed by atoms with Crippen molar-refractivity contribution in [3.8, 4) is 11.5 Å². The third kappa shape index (κ3) is 4.95. The van der Waals surface area contributed by atoms with Gasteiger partial charge in [-0.05, 0) is 43.3 Å². The van der Waals surface area contributed by atoms with Gasteiger partial charge in [-0.3, -0.25) is 4.79 Å². The first kappa shape index (κ1) is 18.6. The van der Waals surface area contributed by atoms with Gasteiger partial charge in [0, 0.05) is 16.6 Å². The molecule has 1 aliphatic heterocycles. The average Bonchev–Trinajstić information content (AvgIpc) is 3.38. The van der Waals surface area contributed by atoms with Gasteiger partial charge in [-0.2, -0.15) is 4.68 Å². The zero-order chi connectivity index (χ0) is 18.8. The van der Waals surface area contributed by atoms with E-state index in [9.17, 15) is 4.79 Å². The van der Waals surface area contributed by atoms with Crippen LogP contribution in [0.1, 0.15) is 12.8 Å². The maximum absolute atomic E-state index is 12.0. The van der Waals surface area contributed by atoms with E-state index >= 15 is 0 Å². The number of piperazine rings is 1. The zero-order valence-corrected chi connectivity index (χ0v) is 16.6. The zero-order valence-electron chi connectivity index (χ0n) is 15.0. The summed E-state index contributed by atoms with van der Waals surface area (Å²) in [4.78, 5) is 15.1. The van der Waals surface area contributed by atoms with Crippen molar-refractivity contribution in [3.05, 3.63) is 34.1 Å². The third-order valence-corrected chi connectivity index (χ3v) is 5.60. The number of hydrogen-bond acceptors (Lipinski definition) is 4. The molecule has 1 aromatic carbocycles. The number of quaternary nitrogens is 2. The van der Waals surface area contributed by atoms with Crippen LogP contribution in [0, 0.1) is 4.84 Å². The van der Waals surface area contributed by atoms with Crippen molar-refractivity contribution < 1.29 is 19.0 Å². The van der Waals surface area contributed by atoms with Gasteiger partial charge in [0.25, 0.3) is 10.7 Å². The van der Waals surface area contributed by atoms with Crippen molar-refractivity contribution in [2.75, 3.05) is 32.7 Å². The van der Waals surface area contributed by atoms with Crippen LogP contribution in [0.2, 0.25) is 5.02 Å². The second-order valence-corrected chi connectivity index (χ2v) is 8.15. The summed E-state index contributed by atoms with van der Waals surface area (Å²) in [7, 11) is 0. The minimum absolute atomic E-state index is 0.181. The maximum Gasteiger partial charge on any atom is 0.292 e. The molecule has 2 aliphatic rings. The van der Waals surface area contributed by atoms with Crippen LogP contribution in [0.5, 0.6) is 0 Å². The molecule has 0 atom stereocenters.